The summed E-state index contributed by atoms with van der Waals surface area (Å²) in [6.45, 7) is 2.34. The van der Waals surface area contributed by atoms with Gasteiger partial charge in [0.15, 0.2) is 5.65 Å². The minimum Gasteiger partial charge on any atom is -0.368 e. The van der Waals surface area contributed by atoms with Gasteiger partial charge in [0.25, 0.3) is 0 Å². The Morgan fingerprint density at radius 2 is 1.96 bits per heavy atom. The van der Waals surface area contributed by atoms with Gasteiger partial charge in [-0.2, -0.15) is 5.10 Å². The lowest BCUT2D eigenvalue weighted by molar-refractivity contribution is -0.122. The summed E-state index contributed by atoms with van der Waals surface area (Å²) >= 11 is 0. The lowest BCUT2D eigenvalue weighted by Gasteiger charge is -2.34. The molecule has 25 heavy (non-hydrogen) atoms. The summed E-state index contributed by atoms with van der Waals surface area (Å²) in [6, 6.07) is 1.53. The van der Waals surface area contributed by atoms with Crippen LogP contribution in [0.1, 0.15) is 30.9 Å². The van der Waals surface area contributed by atoms with E-state index >= 15 is 0 Å². The molecule has 1 saturated carbocycles. The van der Waals surface area contributed by atoms with Gasteiger partial charge in [-0.3, -0.25) is 10.1 Å². The number of imidazole rings is 1. The topological polar surface area (TPSA) is 91.6 Å². The summed E-state index contributed by atoms with van der Waals surface area (Å²) in [6.07, 6.45) is 7.48. The zero-order valence-corrected chi connectivity index (χ0v) is 13.8. The van der Waals surface area contributed by atoms with E-state index in [1.165, 1.54) is 19.3 Å². The second-order valence-corrected chi connectivity index (χ2v) is 7.35. The molecule has 0 aromatic carbocycles. The first-order valence-electron chi connectivity index (χ1n) is 8.85. The number of carbonyl (C=O) groups excluding carboxylic acids is 2. The zero-order valence-electron chi connectivity index (χ0n) is 13.8. The van der Waals surface area contributed by atoms with Crippen molar-refractivity contribution in [3.05, 3.63) is 24.2 Å². The predicted molar refractivity (Wildman–Crippen MR) is 90.3 cm³/mol. The van der Waals surface area contributed by atoms with Crippen LogP contribution in [0.2, 0.25) is 0 Å². The third-order valence-corrected chi connectivity index (χ3v) is 5.68. The number of fused-ring (bicyclic) bond motifs is 3. The van der Waals surface area contributed by atoms with Crippen LogP contribution >= 0.6 is 0 Å². The molecular formula is C17H20N6O2. The van der Waals surface area contributed by atoms with Crippen molar-refractivity contribution in [2.75, 3.05) is 24.5 Å². The number of aromatic nitrogens is 3. The van der Waals surface area contributed by atoms with Gasteiger partial charge in [0, 0.05) is 32.0 Å². The van der Waals surface area contributed by atoms with E-state index in [1.807, 2.05) is 6.07 Å². The Labute approximate surface area is 144 Å². The molecule has 3 atom stereocenters. The molecule has 4 heterocycles. The van der Waals surface area contributed by atoms with Crippen LogP contribution in [-0.4, -0.2) is 46.2 Å². The molecule has 3 amide bonds. The van der Waals surface area contributed by atoms with Crippen molar-refractivity contribution in [3.8, 4) is 0 Å². The summed E-state index contributed by atoms with van der Waals surface area (Å²) in [5.41, 5.74) is 2.53. The van der Waals surface area contributed by atoms with E-state index in [1.54, 1.807) is 16.9 Å². The number of nitrogens with zero attached hydrogens (tertiary/aromatic N) is 4. The molecular weight excluding hydrogens is 320 g/mol. The van der Waals surface area contributed by atoms with Gasteiger partial charge in [-0.15, -0.1) is 0 Å². The highest BCUT2D eigenvalue weighted by Gasteiger charge is 2.35. The normalized spacial score (nSPS) is 29.0. The van der Waals surface area contributed by atoms with Crippen molar-refractivity contribution in [2.45, 2.75) is 25.2 Å². The first-order valence-corrected chi connectivity index (χ1v) is 8.85. The van der Waals surface area contributed by atoms with Crippen LogP contribution in [0.5, 0.6) is 0 Å². The van der Waals surface area contributed by atoms with Crippen LogP contribution < -0.4 is 15.5 Å². The van der Waals surface area contributed by atoms with E-state index in [0.717, 1.165) is 36.3 Å². The molecule has 130 valence electrons. The number of carbonyl (C=O) groups is 2. The summed E-state index contributed by atoms with van der Waals surface area (Å²) in [5.74, 6) is 0.718. The number of piperidine rings is 1. The largest absolute Gasteiger partial charge is 0.368 e. The Hall–Kier alpha value is -2.64. The van der Waals surface area contributed by atoms with Crippen LogP contribution in [0, 0.1) is 11.8 Å². The molecule has 5 rings (SSSR count). The Morgan fingerprint density at radius 3 is 2.72 bits per heavy atom. The van der Waals surface area contributed by atoms with E-state index in [2.05, 4.69) is 25.6 Å². The number of nitrogens with one attached hydrogen (secondary N) is 2. The molecule has 2 aliphatic heterocycles. The molecule has 2 aromatic heterocycles. The van der Waals surface area contributed by atoms with E-state index in [4.69, 9.17) is 0 Å². The standard InChI is InChI=1S/C17H20N6O2/c24-16-12(7-19-17(25)20-16)13-6-14(15-18-3-4-23(15)21-13)22-8-10-1-2-11(5-10)9-22/h3-4,6,10-12H,1-2,5,7-9H2,(H2,19,20,24,25). The number of imide groups is 1. The molecule has 2 aromatic rings. The first-order chi connectivity index (χ1) is 12.2. The minimum absolute atomic E-state index is 0.266. The Bertz CT molecular complexity index is 850. The van der Waals surface area contributed by atoms with Gasteiger partial charge >= 0.3 is 6.03 Å². The molecule has 0 radical (unpaired) electrons. The zero-order chi connectivity index (χ0) is 17.0. The highest BCUT2D eigenvalue weighted by atomic mass is 16.2. The quantitative estimate of drug-likeness (QED) is 0.847. The number of rotatable bonds is 2. The molecule has 8 heteroatoms. The van der Waals surface area contributed by atoms with Crippen molar-refractivity contribution in [2.24, 2.45) is 11.8 Å². The first kappa shape index (κ1) is 14.7. The summed E-state index contributed by atoms with van der Waals surface area (Å²) in [4.78, 5) is 30.4. The molecule has 2 bridgehead atoms. The van der Waals surface area contributed by atoms with Crippen LogP contribution in [0.4, 0.5) is 10.5 Å². The molecule has 1 aliphatic carbocycles. The molecule has 3 aliphatic rings. The molecule has 2 N–H and O–H groups in total. The number of hydrogen-bond donors (Lipinski definition) is 2. The van der Waals surface area contributed by atoms with Crippen LogP contribution in [-0.2, 0) is 4.79 Å². The van der Waals surface area contributed by atoms with Crippen molar-refractivity contribution >= 4 is 23.3 Å². The van der Waals surface area contributed by atoms with Crippen LogP contribution in [0.3, 0.4) is 0 Å². The maximum atomic E-state index is 12.2. The smallest absolute Gasteiger partial charge is 0.321 e. The van der Waals surface area contributed by atoms with Gasteiger partial charge in [-0.05, 0) is 37.2 Å². The highest BCUT2D eigenvalue weighted by molar-refractivity contribution is 6.00. The fourth-order valence-electron chi connectivity index (χ4n) is 4.50. The Balaban J connectivity index is 1.55. The van der Waals surface area contributed by atoms with Crippen molar-refractivity contribution in [1.29, 1.82) is 0 Å². The van der Waals surface area contributed by atoms with Gasteiger partial charge in [0.1, 0.15) is 0 Å². The maximum absolute atomic E-state index is 12.2. The van der Waals surface area contributed by atoms with Gasteiger partial charge < -0.3 is 10.2 Å². The Kier molecular flexibility index (Phi) is 3.19. The third kappa shape index (κ3) is 2.43. The number of urea groups is 1. The average Bonchev–Trinajstić information content (AvgIpc) is 3.20. The fraction of sp³-hybridized carbons (Fsp3) is 0.529. The molecule has 0 spiro atoms. The van der Waals surface area contributed by atoms with Crippen molar-refractivity contribution in [3.63, 3.8) is 0 Å². The van der Waals surface area contributed by atoms with E-state index in [0.29, 0.717) is 5.69 Å². The minimum atomic E-state index is -0.482. The molecule has 3 unspecified atom stereocenters. The third-order valence-electron chi connectivity index (χ3n) is 5.68. The second kappa shape index (κ2) is 5.44. The lowest BCUT2D eigenvalue weighted by Crippen LogP contribution is -2.51. The Morgan fingerprint density at radius 1 is 1.16 bits per heavy atom. The second-order valence-electron chi connectivity index (χ2n) is 7.35. The molecule has 8 nitrogen and oxygen atoms in total. The van der Waals surface area contributed by atoms with Crippen LogP contribution in [0.15, 0.2) is 18.5 Å². The van der Waals surface area contributed by atoms with Gasteiger partial charge in [0.2, 0.25) is 5.91 Å². The average molecular weight is 340 g/mol. The SMILES string of the molecule is O=C1NCC(c2cc(N3CC4CCC(C4)C3)c3nccn3n2)C(=O)N1. The predicted octanol–water partition coefficient (Wildman–Crippen LogP) is 0.889. The van der Waals surface area contributed by atoms with Crippen molar-refractivity contribution < 1.29 is 9.59 Å². The maximum Gasteiger partial charge on any atom is 0.321 e. The van der Waals surface area contributed by atoms with Gasteiger partial charge in [-0.1, -0.05) is 0 Å². The van der Waals surface area contributed by atoms with Gasteiger partial charge in [0.05, 0.1) is 17.3 Å². The molecule has 3 fully saturated rings. The fourth-order valence-corrected chi connectivity index (χ4v) is 4.50. The summed E-state index contributed by atoms with van der Waals surface area (Å²) in [7, 11) is 0. The van der Waals surface area contributed by atoms with Crippen LogP contribution in [0.25, 0.3) is 5.65 Å². The highest BCUT2D eigenvalue weighted by Crippen LogP contribution is 2.39. The number of amides is 3. The molecule has 2 saturated heterocycles. The lowest BCUT2D eigenvalue weighted by atomic mass is 9.97. The number of hydrogen-bond acceptors (Lipinski definition) is 5. The van der Waals surface area contributed by atoms with Gasteiger partial charge in [-0.25, -0.2) is 14.3 Å². The van der Waals surface area contributed by atoms with E-state index in [-0.39, 0.29) is 12.5 Å². The van der Waals surface area contributed by atoms with E-state index < -0.39 is 11.9 Å². The summed E-state index contributed by atoms with van der Waals surface area (Å²) in [5, 5.41) is 9.56. The van der Waals surface area contributed by atoms with Crippen molar-refractivity contribution in [1.82, 2.24) is 25.2 Å². The van der Waals surface area contributed by atoms with E-state index in [9.17, 15) is 9.59 Å². The number of anilines is 1. The monoisotopic (exact) mass is 340 g/mol. The summed E-state index contributed by atoms with van der Waals surface area (Å²) < 4.78 is 1.74.